The predicted octanol–water partition coefficient (Wildman–Crippen LogP) is 3.60. The summed E-state index contributed by atoms with van der Waals surface area (Å²) in [5.41, 5.74) is 0.346. The summed E-state index contributed by atoms with van der Waals surface area (Å²) in [5, 5.41) is 26.5. The van der Waals surface area contributed by atoms with Crippen molar-refractivity contribution in [2.75, 3.05) is 0 Å². The van der Waals surface area contributed by atoms with Gasteiger partial charge in [0.25, 0.3) is 11.6 Å². The van der Waals surface area contributed by atoms with Crippen molar-refractivity contribution in [3.8, 4) is 0 Å². The first kappa shape index (κ1) is 20.4. The third-order valence-electron chi connectivity index (χ3n) is 7.55. The molecule has 164 valence electrons. The minimum Gasteiger partial charge on any atom is -0.349 e. The van der Waals surface area contributed by atoms with Gasteiger partial charge in [0.1, 0.15) is 0 Å². The minimum atomic E-state index is -0.475. The third-order valence-corrected chi connectivity index (χ3v) is 8.66. The van der Waals surface area contributed by atoms with Crippen LogP contribution in [0.2, 0.25) is 0 Å². The van der Waals surface area contributed by atoms with Gasteiger partial charge in [0.2, 0.25) is 5.16 Å². The first-order chi connectivity index (χ1) is 14.8. The van der Waals surface area contributed by atoms with Crippen LogP contribution in [0, 0.1) is 33.3 Å². The number of non-ortho nitro benzene ring substituents is 1. The number of benzene rings is 1. The van der Waals surface area contributed by atoms with Gasteiger partial charge < -0.3 is 5.32 Å². The predicted molar refractivity (Wildman–Crippen MR) is 114 cm³/mol. The number of aryl methyl sites for hydroxylation is 1. The van der Waals surface area contributed by atoms with Gasteiger partial charge in [0.15, 0.2) is 0 Å². The lowest BCUT2D eigenvalue weighted by molar-refractivity contribution is -0.384. The van der Waals surface area contributed by atoms with Crippen LogP contribution in [0.1, 0.15) is 55.8 Å². The summed E-state index contributed by atoms with van der Waals surface area (Å²) in [4.78, 5) is 24.8. The second kappa shape index (κ2) is 7.58. The van der Waals surface area contributed by atoms with E-state index in [-0.39, 0.29) is 23.1 Å². The molecule has 1 atom stereocenters. The number of nitrogens with zero attached hydrogens (tertiary/aromatic N) is 5. The number of nitro groups is 1. The fourth-order valence-electron chi connectivity index (χ4n) is 6.44. The Morgan fingerprint density at radius 2 is 1.90 bits per heavy atom. The summed E-state index contributed by atoms with van der Waals surface area (Å²) < 4.78 is 1.51. The molecular weight excluding hydrogens is 416 g/mol. The number of carbonyl (C=O) groups excluding carboxylic acids is 1. The van der Waals surface area contributed by atoms with Gasteiger partial charge in [-0.05, 0) is 96.9 Å². The maximum absolute atomic E-state index is 13.4. The zero-order valence-corrected chi connectivity index (χ0v) is 18.5. The SMILES string of the molecule is C[C@H](NC(=O)c1cc([N+](=O)[O-])ccc1Sc1nnnn1C)C12CC3CC(CC(C3)C1)C2. The quantitative estimate of drug-likeness (QED) is 0.537. The largest absolute Gasteiger partial charge is 0.349 e. The van der Waals surface area contributed by atoms with Crippen LogP contribution in [0.25, 0.3) is 0 Å². The number of hydrogen-bond acceptors (Lipinski definition) is 7. The monoisotopic (exact) mass is 442 g/mol. The van der Waals surface area contributed by atoms with Gasteiger partial charge in [-0.3, -0.25) is 14.9 Å². The van der Waals surface area contributed by atoms with Crippen molar-refractivity contribution in [1.82, 2.24) is 25.5 Å². The lowest BCUT2D eigenvalue weighted by atomic mass is 9.48. The first-order valence-electron chi connectivity index (χ1n) is 10.8. The summed E-state index contributed by atoms with van der Waals surface area (Å²) in [6, 6.07) is 4.39. The summed E-state index contributed by atoms with van der Waals surface area (Å²) in [7, 11) is 1.71. The van der Waals surface area contributed by atoms with Crippen LogP contribution < -0.4 is 5.32 Å². The number of hydrogen-bond donors (Lipinski definition) is 1. The number of rotatable bonds is 6. The molecule has 4 fully saturated rings. The Balaban J connectivity index is 1.40. The Morgan fingerprint density at radius 3 is 2.45 bits per heavy atom. The molecule has 6 rings (SSSR count). The number of nitrogens with one attached hydrogen (secondary N) is 1. The topological polar surface area (TPSA) is 116 Å². The molecule has 2 aromatic rings. The molecular formula is C21H26N6O3S. The van der Waals surface area contributed by atoms with Crippen molar-refractivity contribution in [2.45, 2.75) is 61.5 Å². The van der Waals surface area contributed by atoms with Crippen LogP contribution in [0.15, 0.2) is 28.3 Å². The van der Waals surface area contributed by atoms with Gasteiger partial charge in [0.05, 0.1) is 10.5 Å². The fraction of sp³-hybridized carbons (Fsp3) is 0.619. The van der Waals surface area contributed by atoms with Crippen LogP contribution >= 0.6 is 11.8 Å². The van der Waals surface area contributed by atoms with Gasteiger partial charge in [-0.2, -0.15) is 0 Å². The van der Waals surface area contributed by atoms with Crippen molar-refractivity contribution in [3.05, 3.63) is 33.9 Å². The highest BCUT2D eigenvalue weighted by Gasteiger charge is 2.53. The molecule has 0 aliphatic heterocycles. The van der Waals surface area contributed by atoms with E-state index < -0.39 is 4.92 Å². The van der Waals surface area contributed by atoms with Gasteiger partial charge in [0, 0.05) is 30.1 Å². The Hall–Kier alpha value is -2.49. The molecule has 1 aromatic heterocycles. The molecule has 1 heterocycles. The number of tetrazole rings is 1. The number of amides is 1. The van der Waals surface area contributed by atoms with Crippen molar-refractivity contribution < 1.29 is 9.72 Å². The van der Waals surface area contributed by atoms with Crippen molar-refractivity contribution in [2.24, 2.45) is 30.2 Å². The highest BCUT2D eigenvalue weighted by Crippen LogP contribution is 2.61. The maximum Gasteiger partial charge on any atom is 0.270 e. The van der Waals surface area contributed by atoms with E-state index in [1.54, 1.807) is 13.1 Å². The molecule has 0 saturated heterocycles. The highest BCUT2D eigenvalue weighted by molar-refractivity contribution is 7.99. The zero-order valence-electron chi connectivity index (χ0n) is 17.7. The second-order valence-electron chi connectivity index (χ2n) is 9.60. The third kappa shape index (κ3) is 3.71. The Bertz CT molecular complexity index is 1000. The number of nitro benzene ring substituents is 1. The zero-order chi connectivity index (χ0) is 21.8. The Morgan fingerprint density at radius 1 is 1.26 bits per heavy atom. The van der Waals surface area contributed by atoms with E-state index in [4.69, 9.17) is 0 Å². The molecule has 0 radical (unpaired) electrons. The Kier molecular flexibility index (Phi) is 4.99. The van der Waals surface area contributed by atoms with E-state index in [0.717, 1.165) is 17.8 Å². The van der Waals surface area contributed by atoms with Crippen LogP contribution in [0.4, 0.5) is 5.69 Å². The van der Waals surface area contributed by atoms with E-state index in [9.17, 15) is 14.9 Å². The van der Waals surface area contributed by atoms with Gasteiger partial charge >= 0.3 is 0 Å². The number of carbonyl (C=O) groups is 1. The van der Waals surface area contributed by atoms with Crippen molar-refractivity contribution in [3.63, 3.8) is 0 Å². The molecule has 4 saturated carbocycles. The molecule has 4 bridgehead atoms. The normalized spacial score (nSPS) is 29.7. The lowest BCUT2D eigenvalue weighted by Gasteiger charge is -2.59. The summed E-state index contributed by atoms with van der Waals surface area (Å²) in [6.45, 7) is 2.11. The summed E-state index contributed by atoms with van der Waals surface area (Å²) in [6.07, 6.45) is 7.58. The van der Waals surface area contributed by atoms with Crippen molar-refractivity contribution >= 4 is 23.4 Å². The van der Waals surface area contributed by atoms with Crippen LogP contribution in [-0.2, 0) is 7.05 Å². The molecule has 1 amide bonds. The lowest BCUT2D eigenvalue weighted by Crippen LogP contribution is -2.55. The van der Waals surface area contributed by atoms with E-state index in [1.165, 1.54) is 67.1 Å². The van der Waals surface area contributed by atoms with Crippen LogP contribution in [0.5, 0.6) is 0 Å². The standard InChI is InChI=1S/C21H26N6O3S/c1-12(21-9-13-5-14(10-21)7-15(6-13)11-21)22-19(28)17-8-16(27(29)30)3-4-18(17)31-20-23-24-25-26(20)2/h3-4,8,12-15H,5-7,9-11H2,1-2H3,(H,22,28)/t12-,13?,14?,15?,21?/m0/s1. The van der Waals surface area contributed by atoms with E-state index in [0.29, 0.717) is 15.6 Å². The van der Waals surface area contributed by atoms with E-state index in [2.05, 4.69) is 27.8 Å². The fourth-order valence-corrected chi connectivity index (χ4v) is 7.28. The van der Waals surface area contributed by atoms with E-state index >= 15 is 0 Å². The van der Waals surface area contributed by atoms with Gasteiger partial charge in [-0.25, -0.2) is 4.68 Å². The second-order valence-corrected chi connectivity index (χ2v) is 10.6. The van der Waals surface area contributed by atoms with Crippen molar-refractivity contribution in [1.29, 1.82) is 0 Å². The summed E-state index contributed by atoms with van der Waals surface area (Å²) in [5.74, 6) is 2.10. The van der Waals surface area contributed by atoms with Gasteiger partial charge in [-0.1, -0.05) is 0 Å². The molecule has 4 aliphatic carbocycles. The number of aromatic nitrogens is 4. The molecule has 0 spiro atoms. The van der Waals surface area contributed by atoms with Gasteiger partial charge in [-0.15, -0.1) is 5.10 Å². The smallest absolute Gasteiger partial charge is 0.270 e. The molecule has 1 N–H and O–H groups in total. The average molecular weight is 443 g/mol. The first-order valence-corrected chi connectivity index (χ1v) is 11.6. The maximum atomic E-state index is 13.4. The molecule has 31 heavy (non-hydrogen) atoms. The average Bonchev–Trinajstić information content (AvgIpc) is 3.11. The molecule has 9 nitrogen and oxygen atoms in total. The van der Waals surface area contributed by atoms with Crippen LogP contribution in [-0.4, -0.2) is 37.1 Å². The Labute approximate surface area is 184 Å². The molecule has 10 heteroatoms. The minimum absolute atomic E-state index is 0.0296. The van der Waals surface area contributed by atoms with Crippen LogP contribution in [0.3, 0.4) is 0 Å². The molecule has 1 aromatic carbocycles. The highest BCUT2D eigenvalue weighted by atomic mass is 32.2. The molecule has 4 aliphatic rings. The summed E-state index contributed by atoms with van der Waals surface area (Å²) >= 11 is 1.23. The molecule has 0 unspecified atom stereocenters. The van der Waals surface area contributed by atoms with E-state index in [1.807, 2.05) is 0 Å².